The van der Waals surface area contributed by atoms with E-state index in [-0.39, 0.29) is 18.6 Å². The predicted octanol–water partition coefficient (Wildman–Crippen LogP) is 4.22. The molecule has 0 aliphatic heterocycles. The number of rotatable bonds is 5. The molecule has 1 aliphatic rings. The first-order chi connectivity index (χ1) is 13.0. The number of thiazole rings is 1. The van der Waals surface area contributed by atoms with Crippen molar-refractivity contribution in [1.82, 2.24) is 10.3 Å². The first kappa shape index (κ1) is 19.5. The lowest BCUT2D eigenvalue weighted by molar-refractivity contribution is -0.125. The molecular formula is C21H26N2O3S. The number of hydrogen-bond donors (Lipinski definition) is 1. The molecule has 3 rings (SSSR count). The highest BCUT2D eigenvalue weighted by Crippen LogP contribution is 2.30. The van der Waals surface area contributed by atoms with Gasteiger partial charge in [0.05, 0.1) is 5.69 Å². The van der Waals surface area contributed by atoms with Gasteiger partial charge in [0.2, 0.25) is 0 Å². The second-order valence-corrected chi connectivity index (χ2v) is 8.32. The number of nitrogens with one attached hydrogen (secondary N) is 1. The monoisotopic (exact) mass is 386 g/mol. The van der Waals surface area contributed by atoms with Crippen molar-refractivity contribution in [2.75, 3.05) is 6.61 Å². The van der Waals surface area contributed by atoms with Gasteiger partial charge >= 0.3 is 5.97 Å². The number of carbonyl (C=O) groups is 2. The molecule has 0 bridgehead atoms. The number of ether oxygens (including phenoxy) is 1. The summed E-state index contributed by atoms with van der Waals surface area (Å²) in [6.07, 6.45) is 3.31. The van der Waals surface area contributed by atoms with Crippen LogP contribution in [0.25, 0.3) is 10.6 Å². The molecule has 1 aliphatic carbocycles. The Morgan fingerprint density at radius 2 is 1.96 bits per heavy atom. The van der Waals surface area contributed by atoms with Crippen molar-refractivity contribution in [1.29, 1.82) is 0 Å². The Morgan fingerprint density at radius 3 is 2.70 bits per heavy atom. The highest BCUT2D eigenvalue weighted by molar-refractivity contribution is 7.17. The standard InChI is InChI=1S/C21H26N2O3S/c1-13-8-7-11-17(14(13)2)23-18(24)12-26-21(25)19-15(3)22-20(27-19)16-9-5-4-6-10-16/h4-6,9-10,13-14,17H,7-8,11-12H2,1-3H3,(H,23,24)/t13-,14-,17+/m0/s1. The Hall–Kier alpha value is -2.21. The summed E-state index contributed by atoms with van der Waals surface area (Å²) < 4.78 is 5.24. The minimum Gasteiger partial charge on any atom is -0.451 e. The van der Waals surface area contributed by atoms with Crippen molar-refractivity contribution in [3.8, 4) is 10.6 Å². The minimum atomic E-state index is -0.493. The first-order valence-corrected chi connectivity index (χ1v) is 10.3. The minimum absolute atomic E-state index is 0.162. The SMILES string of the molecule is Cc1nc(-c2ccccc2)sc1C(=O)OCC(=O)N[C@@H]1CCC[C@H](C)[C@@H]1C. The lowest BCUT2D eigenvalue weighted by Gasteiger charge is -2.34. The summed E-state index contributed by atoms with van der Waals surface area (Å²) in [6.45, 7) is 5.92. The summed E-state index contributed by atoms with van der Waals surface area (Å²) >= 11 is 1.29. The summed E-state index contributed by atoms with van der Waals surface area (Å²) in [7, 11) is 0. The molecule has 27 heavy (non-hydrogen) atoms. The van der Waals surface area contributed by atoms with Gasteiger partial charge in [0, 0.05) is 11.6 Å². The summed E-state index contributed by atoms with van der Waals surface area (Å²) in [5, 5.41) is 3.80. The van der Waals surface area contributed by atoms with Crippen LogP contribution in [0.1, 0.15) is 48.5 Å². The van der Waals surface area contributed by atoms with Crippen LogP contribution in [0.4, 0.5) is 0 Å². The first-order valence-electron chi connectivity index (χ1n) is 9.45. The van der Waals surface area contributed by atoms with Crippen molar-refractivity contribution < 1.29 is 14.3 Å². The molecule has 1 aromatic carbocycles. The van der Waals surface area contributed by atoms with E-state index in [2.05, 4.69) is 24.1 Å². The number of hydrogen-bond acceptors (Lipinski definition) is 5. The third-order valence-corrected chi connectivity index (χ3v) is 6.58. The van der Waals surface area contributed by atoms with Gasteiger partial charge in [-0.05, 0) is 25.2 Å². The maximum absolute atomic E-state index is 12.4. The van der Waals surface area contributed by atoms with Crippen LogP contribution in [0.15, 0.2) is 30.3 Å². The van der Waals surface area contributed by atoms with Crippen molar-refractivity contribution in [3.05, 3.63) is 40.9 Å². The Labute approximate surface area is 164 Å². The van der Waals surface area contributed by atoms with Crippen molar-refractivity contribution in [3.63, 3.8) is 0 Å². The molecule has 144 valence electrons. The largest absolute Gasteiger partial charge is 0.451 e. The van der Waals surface area contributed by atoms with E-state index in [1.807, 2.05) is 30.3 Å². The second kappa shape index (κ2) is 8.65. The maximum atomic E-state index is 12.4. The molecule has 1 N–H and O–H groups in total. The highest BCUT2D eigenvalue weighted by atomic mass is 32.1. The smallest absolute Gasteiger partial charge is 0.350 e. The van der Waals surface area contributed by atoms with Gasteiger partial charge in [0.15, 0.2) is 6.61 Å². The summed E-state index contributed by atoms with van der Waals surface area (Å²) in [5.41, 5.74) is 1.58. The van der Waals surface area contributed by atoms with Crippen LogP contribution in [-0.2, 0) is 9.53 Å². The van der Waals surface area contributed by atoms with E-state index in [4.69, 9.17) is 4.74 Å². The van der Waals surface area contributed by atoms with Gasteiger partial charge < -0.3 is 10.1 Å². The number of nitrogens with zero attached hydrogens (tertiary/aromatic N) is 1. The molecule has 1 fully saturated rings. The van der Waals surface area contributed by atoms with Crippen molar-refractivity contribution in [2.45, 2.75) is 46.1 Å². The van der Waals surface area contributed by atoms with Crippen LogP contribution >= 0.6 is 11.3 Å². The summed E-state index contributed by atoms with van der Waals surface area (Å²) in [6, 6.07) is 9.87. The lowest BCUT2D eigenvalue weighted by atomic mass is 9.78. The molecule has 3 atom stereocenters. The lowest BCUT2D eigenvalue weighted by Crippen LogP contribution is -2.45. The van der Waals surface area contributed by atoms with Gasteiger partial charge in [-0.3, -0.25) is 4.79 Å². The molecule has 0 saturated heterocycles. The molecule has 0 radical (unpaired) electrons. The molecule has 1 amide bonds. The fourth-order valence-electron chi connectivity index (χ4n) is 3.52. The van der Waals surface area contributed by atoms with Crippen LogP contribution in [0.3, 0.4) is 0 Å². The van der Waals surface area contributed by atoms with Gasteiger partial charge in [-0.1, -0.05) is 57.0 Å². The normalized spacial score (nSPS) is 22.3. The van der Waals surface area contributed by atoms with Crippen LogP contribution in [0.2, 0.25) is 0 Å². The van der Waals surface area contributed by atoms with E-state index in [1.165, 1.54) is 17.8 Å². The molecule has 1 heterocycles. The van der Waals surface area contributed by atoms with Gasteiger partial charge in [-0.15, -0.1) is 11.3 Å². The number of amides is 1. The molecule has 2 aromatic rings. The third-order valence-electron chi connectivity index (χ3n) is 5.39. The van der Waals surface area contributed by atoms with E-state index < -0.39 is 5.97 Å². The third kappa shape index (κ3) is 4.75. The molecule has 1 saturated carbocycles. The number of aryl methyl sites for hydroxylation is 1. The number of benzene rings is 1. The molecule has 1 aromatic heterocycles. The van der Waals surface area contributed by atoms with Gasteiger partial charge in [-0.25, -0.2) is 9.78 Å². The zero-order valence-corrected chi connectivity index (χ0v) is 16.8. The van der Waals surface area contributed by atoms with Gasteiger partial charge in [0.25, 0.3) is 5.91 Å². The van der Waals surface area contributed by atoms with Crippen LogP contribution < -0.4 is 5.32 Å². The van der Waals surface area contributed by atoms with Crippen molar-refractivity contribution >= 4 is 23.2 Å². The Kier molecular flexibility index (Phi) is 6.26. The maximum Gasteiger partial charge on any atom is 0.350 e. The zero-order chi connectivity index (χ0) is 19.4. The number of esters is 1. The number of carbonyl (C=O) groups excluding carboxylic acids is 2. The fourth-order valence-corrected chi connectivity index (χ4v) is 4.49. The average Bonchev–Trinajstić information content (AvgIpc) is 3.06. The molecule has 6 heteroatoms. The van der Waals surface area contributed by atoms with Crippen LogP contribution in [-0.4, -0.2) is 29.5 Å². The average molecular weight is 387 g/mol. The van der Waals surface area contributed by atoms with E-state index in [0.717, 1.165) is 23.4 Å². The van der Waals surface area contributed by atoms with E-state index in [0.29, 0.717) is 22.4 Å². The highest BCUT2D eigenvalue weighted by Gasteiger charge is 2.28. The molecular weight excluding hydrogens is 360 g/mol. The summed E-state index contributed by atoms with van der Waals surface area (Å²) in [5.74, 6) is 0.311. The fraction of sp³-hybridized carbons (Fsp3) is 0.476. The van der Waals surface area contributed by atoms with E-state index in [9.17, 15) is 9.59 Å². The molecule has 5 nitrogen and oxygen atoms in total. The Morgan fingerprint density at radius 1 is 1.22 bits per heavy atom. The van der Waals surface area contributed by atoms with E-state index >= 15 is 0 Å². The summed E-state index contributed by atoms with van der Waals surface area (Å²) in [4.78, 5) is 29.5. The van der Waals surface area contributed by atoms with Crippen LogP contribution in [0.5, 0.6) is 0 Å². The number of aromatic nitrogens is 1. The van der Waals surface area contributed by atoms with Crippen LogP contribution in [0, 0.1) is 18.8 Å². The topological polar surface area (TPSA) is 68.3 Å². The van der Waals surface area contributed by atoms with E-state index in [1.54, 1.807) is 6.92 Å². The zero-order valence-electron chi connectivity index (χ0n) is 16.0. The van der Waals surface area contributed by atoms with Crippen molar-refractivity contribution in [2.24, 2.45) is 11.8 Å². The Bertz CT molecular complexity index is 803. The molecule has 0 unspecified atom stereocenters. The molecule has 0 spiro atoms. The Balaban J connectivity index is 1.56. The van der Waals surface area contributed by atoms with Gasteiger partial charge in [0.1, 0.15) is 9.88 Å². The second-order valence-electron chi connectivity index (χ2n) is 7.32. The quantitative estimate of drug-likeness (QED) is 0.782. The van der Waals surface area contributed by atoms with Gasteiger partial charge in [-0.2, -0.15) is 0 Å². The predicted molar refractivity (Wildman–Crippen MR) is 107 cm³/mol.